The molecule has 1 aromatic carbocycles. The maximum Gasteiger partial charge on any atom is 0.252 e. The van der Waals surface area contributed by atoms with E-state index in [-0.39, 0.29) is 11.9 Å². The maximum atomic E-state index is 12.4. The Morgan fingerprint density at radius 1 is 1.33 bits per heavy atom. The molecule has 3 rings (SSSR count). The molecule has 1 fully saturated rings. The molecule has 1 amide bonds. The summed E-state index contributed by atoms with van der Waals surface area (Å²) in [7, 11) is 0. The van der Waals surface area contributed by atoms with Crippen LogP contribution in [0, 0.1) is 5.92 Å². The summed E-state index contributed by atoms with van der Waals surface area (Å²) in [5.41, 5.74) is 0.751. The van der Waals surface area contributed by atoms with Crippen LogP contribution in [-0.2, 0) is 5.75 Å². The summed E-state index contributed by atoms with van der Waals surface area (Å²) in [6, 6.07) is 11.8. The highest BCUT2D eigenvalue weighted by Gasteiger charge is 2.29. The average molecular weight is 301 g/mol. The van der Waals surface area contributed by atoms with E-state index in [4.69, 9.17) is 4.42 Å². The molecule has 0 saturated heterocycles. The molecule has 1 saturated carbocycles. The molecule has 21 heavy (non-hydrogen) atoms. The molecule has 0 radical (unpaired) electrons. The Morgan fingerprint density at radius 2 is 2.14 bits per heavy atom. The van der Waals surface area contributed by atoms with Crippen LogP contribution in [0.3, 0.4) is 0 Å². The fourth-order valence-electron chi connectivity index (χ4n) is 2.32. The lowest BCUT2D eigenvalue weighted by atomic mass is 10.1. The summed E-state index contributed by atoms with van der Waals surface area (Å²) < 4.78 is 5.34. The Hall–Kier alpha value is -1.68. The number of thioether (sulfide) groups is 1. The number of benzene rings is 1. The highest BCUT2D eigenvalue weighted by molar-refractivity contribution is 7.98. The van der Waals surface area contributed by atoms with Gasteiger partial charge in [0.25, 0.3) is 5.91 Å². The number of hydrogen-bond donors (Lipinski definition) is 1. The zero-order valence-corrected chi connectivity index (χ0v) is 12.9. The number of hydrogen-bond acceptors (Lipinski definition) is 3. The predicted octanol–water partition coefficient (Wildman–Crippen LogP) is 4.10. The molecule has 3 nitrogen and oxygen atoms in total. The molecule has 1 N–H and O–H groups in total. The molecule has 0 aliphatic heterocycles. The van der Waals surface area contributed by atoms with E-state index >= 15 is 0 Å². The fourth-order valence-corrected chi connectivity index (χ4v) is 3.28. The lowest BCUT2D eigenvalue weighted by molar-refractivity contribution is 0.0933. The summed E-state index contributed by atoms with van der Waals surface area (Å²) >= 11 is 1.63. The van der Waals surface area contributed by atoms with E-state index in [1.807, 2.05) is 36.4 Å². The van der Waals surface area contributed by atoms with Crippen molar-refractivity contribution in [3.63, 3.8) is 0 Å². The largest absolute Gasteiger partial charge is 0.468 e. The van der Waals surface area contributed by atoms with Crippen LogP contribution in [0.5, 0.6) is 0 Å². The first kappa shape index (κ1) is 14.3. The first-order valence-corrected chi connectivity index (χ1v) is 8.27. The molecule has 1 unspecified atom stereocenters. The van der Waals surface area contributed by atoms with E-state index in [9.17, 15) is 4.79 Å². The number of amides is 1. The molecule has 4 heteroatoms. The van der Waals surface area contributed by atoms with Crippen LogP contribution in [0.4, 0.5) is 0 Å². The van der Waals surface area contributed by atoms with Gasteiger partial charge in [-0.25, -0.2) is 0 Å². The highest BCUT2D eigenvalue weighted by Crippen LogP contribution is 2.33. The molecule has 2 aromatic rings. The molecule has 1 aromatic heterocycles. The number of rotatable bonds is 6. The molecule has 0 bridgehead atoms. The number of furan rings is 1. The minimum Gasteiger partial charge on any atom is -0.468 e. The second kappa shape index (κ2) is 6.39. The lowest BCUT2D eigenvalue weighted by Crippen LogP contribution is -2.34. The topological polar surface area (TPSA) is 42.2 Å². The molecular weight excluding hydrogens is 282 g/mol. The Kier molecular flexibility index (Phi) is 4.34. The molecule has 110 valence electrons. The highest BCUT2D eigenvalue weighted by atomic mass is 32.2. The van der Waals surface area contributed by atoms with Crippen molar-refractivity contribution < 1.29 is 9.21 Å². The van der Waals surface area contributed by atoms with E-state index in [0.29, 0.717) is 5.92 Å². The Labute approximate surface area is 129 Å². The quantitative estimate of drug-likeness (QED) is 0.817. The van der Waals surface area contributed by atoms with E-state index in [1.165, 1.54) is 12.8 Å². The van der Waals surface area contributed by atoms with Crippen molar-refractivity contribution in [3.8, 4) is 0 Å². The van der Waals surface area contributed by atoms with Gasteiger partial charge in [0.05, 0.1) is 17.6 Å². The van der Waals surface area contributed by atoms with Gasteiger partial charge in [0.15, 0.2) is 0 Å². The zero-order valence-electron chi connectivity index (χ0n) is 12.0. The van der Waals surface area contributed by atoms with Crippen LogP contribution < -0.4 is 5.32 Å². The third-order valence-corrected chi connectivity index (χ3v) is 4.87. The standard InChI is InChI=1S/C17H19NO2S/c1-12(13-8-9-13)18-17(19)15-6-2-3-7-16(15)21-11-14-5-4-10-20-14/h2-7,10,12-13H,8-9,11H2,1H3,(H,18,19). The van der Waals surface area contributed by atoms with Crippen molar-refractivity contribution in [3.05, 3.63) is 54.0 Å². The smallest absolute Gasteiger partial charge is 0.252 e. The van der Waals surface area contributed by atoms with Gasteiger partial charge in [0.1, 0.15) is 5.76 Å². The van der Waals surface area contributed by atoms with Crippen molar-refractivity contribution in [2.75, 3.05) is 0 Å². The van der Waals surface area contributed by atoms with Gasteiger partial charge >= 0.3 is 0 Å². The average Bonchev–Trinajstić information content (AvgIpc) is 3.22. The van der Waals surface area contributed by atoms with Gasteiger partial charge in [-0.15, -0.1) is 11.8 Å². The first-order chi connectivity index (χ1) is 10.2. The van der Waals surface area contributed by atoms with Crippen molar-refractivity contribution in [2.24, 2.45) is 5.92 Å². The summed E-state index contributed by atoms with van der Waals surface area (Å²) in [4.78, 5) is 13.4. The SMILES string of the molecule is CC(NC(=O)c1ccccc1SCc1ccco1)C1CC1. The van der Waals surface area contributed by atoms with Crippen LogP contribution in [0.1, 0.15) is 35.9 Å². The third kappa shape index (κ3) is 3.70. The normalized spacial score (nSPS) is 15.7. The summed E-state index contributed by atoms with van der Waals surface area (Å²) in [6.45, 7) is 2.09. The van der Waals surface area contributed by atoms with E-state index < -0.39 is 0 Å². The van der Waals surface area contributed by atoms with Gasteiger partial charge in [-0.1, -0.05) is 12.1 Å². The molecule has 1 aliphatic rings. The number of carbonyl (C=O) groups is 1. The molecule has 1 aliphatic carbocycles. The van der Waals surface area contributed by atoms with Crippen LogP contribution >= 0.6 is 11.8 Å². The molecule has 1 heterocycles. The van der Waals surface area contributed by atoms with E-state index in [0.717, 1.165) is 22.0 Å². The van der Waals surface area contributed by atoms with Crippen molar-refractivity contribution in [1.29, 1.82) is 0 Å². The lowest BCUT2D eigenvalue weighted by Gasteiger charge is -2.14. The Balaban J connectivity index is 1.67. The van der Waals surface area contributed by atoms with Gasteiger partial charge in [0.2, 0.25) is 0 Å². The van der Waals surface area contributed by atoms with Gasteiger partial charge in [-0.05, 0) is 49.9 Å². The van der Waals surface area contributed by atoms with Crippen LogP contribution in [-0.4, -0.2) is 11.9 Å². The van der Waals surface area contributed by atoms with Gasteiger partial charge in [0, 0.05) is 10.9 Å². The van der Waals surface area contributed by atoms with Gasteiger partial charge < -0.3 is 9.73 Å². The predicted molar refractivity (Wildman–Crippen MR) is 84.4 cm³/mol. The van der Waals surface area contributed by atoms with Crippen LogP contribution in [0.2, 0.25) is 0 Å². The number of carbonyl (C=O) groups excluding carboxylic acids is 1. The minimum absolute atomic E-state index is 0.0249. The Morgan fingerprint density at radius 3 is 2.86 bits per heavy atom. The molecular formula is C17H19NO2S. The zero-order chi connectivity index (χ0) is 14.7. The minimum atomic E-state index is 0.0249. The second-order valence-electron chi connectivity index (χ2n) is 5.46. The monoisotopic (exact) mass is 301 g/mol. The van der Waals surface area contributed by atoms with Crippen LogP contribution in [0.25, 0.3) is 0 Å². The summed E-state index contributed by atoms with van der Waals surface area (Å²) in [5, 5.41) is 3.12. The van der Waals surface area contributed by atoms with E-state index in [2.05, 4.69) is 12.2 Å². The van der Waals surface area contributed by atoms with Gasteiger partial charge in [-0.3, -0.25) is 4.79 Å². The summed E-state index contributed by atoms with van der Waals surface area (Å²) in [5.74, 6) is 2.34. The first-order valence-electron chi connectivity index (χ1n) is 7.29. The fraction of sp³-hybridized carbons (Fsp3) is 0.353. The van der Waals surface area contributed by atoms with Crippen molar-refractivity contribution >= 4 is 17.7 Å². The second-order valence-corrected chi connectivity index (χ2v) is 6.48. The van der Waals surface area contributed by atoms with E-state index in [1.54, 1.807) is 18.0 Å². The summed E-state index contributed by atoms with van der Waals surface area (Å²) in [6.07, 6.45) is 4.14. The van der Waals surface area contributed by atoms with Crippen molar-refractivity contribution in [2.45, 2.75) is 36.5 Å². The third-order valence-electron chi connectivity index (χ3n) is 3.77. The molecule has 1 atom stereocenters. The Bertz CT molecular complexity index is 605. The van der Waals surface area contributed by atoms with Gasteiger partial charge in [-0.2, -0.15) is 0 Å². The number of nitrogens with one attached hydrogen (secondary N) is 1. The van der Waals surface area contributed by atoms with Crippen LogP contribution in [0.15, 0.2) is 52.0 Å². The van der Waals surface area contributed by atoms with Crippen molar-refractivity contribution in [1.82, 2.24) is 5.32 Å². The maximum absolute atomic E-state index is 12.4. The molecule has 0 spiro atoms.